The van der Waals surface area contributed by atoms with Crippen LogP contribution in [0.25, 0.3) is 0 Å². The van der Waals surface area contributed by atoms with Crippen molar-refractivity contribution in [2.24, 2.45) is 0 Å². The minimum Gasteiger partial charge on any atom is -0.396 e. The van der Waals surface area contributed by atoms with Crippen molar-refractivity contribution in [3.05, 3.63) is 21.7 Å². The summed E-state index contributed by atoms with van der Waals surface area (Å²) >= 11 is 14.7. The summed E-state index contributed by atoms with van der Waals surface area (Å²) in [7, 11) is 0. The average molecular weight is 306 g/mol. The van der Waals surface area contributed by atoms with Gasteiger partial charge in [-0.25, -0.2) is 0 Å². The van der Waals surface area contributed by atoms with Gasteiger partial charge in [0.05, 0.1) is 11.4 Å². The second-order valence-electron chi connectivity index (χ2n) is 3.81. The summed E-state index contributed by atoms with van der Waals surface area (Å²) in [5, 5.41) is 12.4. The number of nitrogens with two attached hydrogens (primary N) is 1. The molecule has 0 fully saturated rings. The normalized spacial score (nSPS) is 23.3. The van der Waals surface area contributed by atoms with Gasteiger partial charge in [-0.15, -0.1) is 11.3 Å². The van der Waals surface area contributed by atoms with Crippen LogP contribution in [0.3, 0.4) is 0 Å². The zero-order chi connectivity index (χ0) is 12.5. The van der Waals surface area contributed by atoms with Crippen LogP contribution >= 0.6 is 46.9 Å². The largest absolute Gasteiger partial charge is 0.396 e. The Hall–Kier alpha value is -0.430. The minimum absolute atomic E-state index is 0.487. The molecule has 1 atom stereocenters. The summed E-state index contributed by atoms with van der Waals surface area (Å²) < 4.78 is -0.570. The number of rotatable bonds is 2. The molecule has 1 aliphatic rings. The number of nitrogen functional groups attached to an aromatic ring is 1. The molecule has 0 spiro atoms. The van der Waals surface area contributed by atoms with Crippen molar-refractivity contribution in [2.75, 3.05) is 11.1 Å². The molecule has 0 aliphatic carbocycles. The number of halogens is 1. The summed E-state index contributed by atoms with van der Waals surface area (Å²) in [6.07, 6.45) is 0.764. The molecule has 0 amide bonds. The quantitative estimate of drug-likeness (QED) is 0.443. The number of hydrogen-bond donors (Lipinski definition) is 3. The lowest BCUT2D eigenvalue weighted by Crippen LogP contribution is -2.42. The summed E-state index contributed by atoms with van der Waals surface area (Å²) in [4.78, 5) is 0. The molecule has 1 aromatic heterocycles. The molecule has 2 heterocycles. The van der Waals surface area contributed by atoms with Crippen LogP contribution < -0.4 is 16.4 Å². The first kappa shape index (κ1) is 13.0. The van der Waals surface area contributed by atoms with E-state index in [2.05, 4.69) is 10.6 Å². The minimum atomic E-state index is -0.570. The van der Waals surface area contributed by atoms with E-state index in [0.29, 0.717) is 10.8 Å². The Morgan fingerprint density at radius 2 is 2.35 bits per heavy atom. The molecule has 3 nitrogen and oxygen atoms in total. The molecule has 0 aromatic carbocycles. The number of hydrogen-bond acceptors (Lipinski definition) is 4. The highest BCUT2D eigenvalue weighted by atomic mass is 35.5. The highest BCUT2D eigenvalue weighted by Crippen LogP contribution is 2.41. The third kappa shape index (κ3) is 3.28. The highest BCUT2D eigenvalue weighted by Gasteiger charge is 2.32. The van der Waals surface area contributed by atoms with Gasteiger partial charge in [-0.2, -0.15) is 0 Å². The molecule has 7 heteroatoms. The van der Waals surface area contributed by atoms with E-state index in [1.165, 1.54) is 28.7 Å². The van der Waals surface area contributed by atoms with Crippen LogP contribution in [0.5, 0.6) is 0 Å². The number of thiophene rings is 1. The van der Waals surface area contributed by atoms with Crippen LogP contribution in [0.4, 0.5) is 11.4 Å². The molecule has 0 saturated carbocycles. The number of thiocarbonyl (C=S) groups is 1. The van der Waals surface area contributed by atoms with E-state index >= 15 is 0 Å². The van der Waals surface area contributed by atoms with E-state index in [1.807, 2.05) is 23.1 Å². The lowest BCUT2D eigenvalue weighted by atomic mass is 10.2. The number of alkyl halides is 1. The van der Waals surface area contributed by atoms with E-state index in [-0.39, 0.29) is 0 Å². The smallest absolute Gasteiger partial charge is 0.172 e. The van der Waals surface area contributed by atoms with Gasteiger partial charge >= 0.3 is 0 Å². The molecule has 1 unspecified atom stereocenters. The molecular formula is C10H12ClN3S3. The Labute approximate surface area is 119 Å². The standard InChI is InChI=1S/C10H12ClN3S3/c1-6-2-10(11,17-3-6)14-9(15)13-8-5-16-4-7(8)12/h3-5H,2,12H2,1H3,(H2,13,14,15). The van der Waals surface area contributed by atoms with Crippen molar-refractivity contribution in [3.8, 4) is 0 Å². The number of nitrogens with one attached hydrogen (secondary N) is 2. The van der Waals surface area contributed by atoms with Gasteiger partial charge < -0.3 is 16.4 Å². The Morgan fingerprint density at radius 1 is 1.59 bits per heavy atom. The molecule has 0 bridgehead atoms. The molecule has 1 aliphatic heterocycles. The lowest BCUT2D eigenvalue weighted by molar-refractivity contribution is 0.749. The van der Waals surface area contributed by atoms with E-state index in [9.17, 15) is 0 Å². The zero-order valence-electron chi connectivity index (χ0n) is 9.12. The van der Waals surface area contributed by atoms with Gasteiger partial charge in [0, 0.05) is 17.2 Å². The Kier molecular flexibility index (Phi) is 3.87. The van der Waals surface area contributed by atoms with Gasteiger partial charge in [-0.05, 0) is 24.5 Å². The van der Waals surface area contributed by atoms with Crippen molar-refractivity contribution in [1.29, 1.82) is 0 Å². The zero-order valence-corrected chi connectivity index (χ0v) is 12.3. The molecule has 1 aromatic rings. The van der Waals surface area contributed by atoms with Crippen molar-refractivity contribution in [2.45, 2.75) is 17.7 Å². The van der Waals surface area contributed by atoms with E-state index in [0.717, 1.165) is 12.1 Å². The predicted octanol–water partition coefficient (Wildman–Crippen LogP) is 3.55. The topological polar surface area (TPSA) is 50.1 Å². The Balaban J connectivity index is 1.92. The van der Waals surface area contributed by atoms with Gasteiger partial charge in [0.1, 0.15) is 0 Å². The molecular weight excluding hydrogens is 294 g/mol. The van der Waals surface area contributed by atoms with Crippen LogP contribution in [0, 0.1) is 0 Å². The Morgan fingerprint density at radius 3 is 2.88 bits per heavy atom. The molecule has 4 N–H and O–H groups in total. The van der Waals surface area contributed by atoms with Crippen molar-refractivity contribution >= 4 is 63.4 Å². The first-order valence-electron chi connectivity index (χ1n) is 4.92. The summed E-state index contributed by atoms with van der Waals surface area (Å²) in [5.41, 5.74) is 8.52. The number of thioether (sulfide) groups is 1. The molecule has 92 valence electrons. The van der Waals surface area contributed by atoms with Crippen molar-refractivity contribution < 1.29 is 0 Å². The van der Waals surface area contributed by atoms with Crippen LogP contribution in [0.15, 0.2) is 21.7 Å². The van der Waals surface area contributed by atoms with Gasteiger partial charge in [-0.1, -0.05) is 28.9 Å². The first-order valence-corrected chi connectivity index (χ1v) is 7.52. The van der Waals surface area contributed by atoms with Crippen molar-refractivity contribution in [3.63, 3.8) is 0 Å². The second kappa shape index (κ2) is 5.06. The van der Waals surface area contributed by atoms with Gasteiger partial charge in [-0.3, -0.25) is 0 Å². The first-order chi connectivity index (χ1) is 7.98. The van der Waals surface area contributed by atoms with Gasteiger partial charge in [0.15, 0.2) is 9.44 Å². The molecule has 17 heavy (non-hydrogen) atoms. The summed E-state index contributed by atoms with van der Waals surface area (Å²) in [6.45, 7) is 2.05. The third-order valence-corrected chi connectivity index (χ3v) is 4.79. The van der Waals surface area contributed by atoms with Crippen molar-refractivity contribution in [1.82, 2.24) is 5.32 Å². The van der Waals surface area contributed by atoms with Gasteiger partial charge in [0.2, 0.25) is 0 Å². The predicted molar refractivity (Wildman–Crippen MR) is 82.6 cm³/mol. The maximum absolute atomic E-state index is 6.38. The van der Waals surface area contributed by atoms with E-state index in [1.54, 1.807) is 0 Å². The van der Waals surface area contributed by atoms with E-state index in [4.69, 9.17) is 29.6 Å². The molecule has 0 radical (unpaired) electrons. The van der Waals surface area contributed by atoms with Gasteiger partial charge in [0.25, 0.3) is 0 Å². The average Bonchev–Trinajstić information content (AvgIpc) is 2.75. The second-order valence-corrected chi connectivity index (χ2v) is 7.00. The fourth-order valence-corrected chi connectivity index (χ4v) is 3.90. The summed E-state index contributed by atoms with van der Waals surface area (Å²) in [5.74, 6) is 0. The van der Waals surface area contributed by atoms with Crippen LogP contribution in [0.2, 0.25) is 0 Å². The third-order valence-electron chi connectivity index (χ3n) is 2.19. The number of anilines is 2. The molecule has 2 rings (SSSR count). The maximum Gasteiger partial charge on any atom is 0.172 e. The maximum atomic E-state index is 6.38. The van der Waals surface area contributed by atoms with Crippen LogP contribution in [-0.4, -0.2) is 9.44 Å². The molecule has 0 saturated heterocycles. The summed E-state index contributed by atoms with van der Waals surface area (Å²) in [6, 6.07) is 0. The van der Waals surface area contributed by atoms with Crippen LogP contribution in [-0.2, 0) is 0 Å². The highest BCUT2D eigenvalue weighted by molar-refractivity contribution is 8.04. The monoisotopic (exact) mass is 305 g/mol. The fraction of sp³-hybridized carbons (Fsp3) is 0.300. The van der Waals surface area contributed by atoms with Crippen LogP contribution in [0.1, 0.15) is 13.3 Å². The SMILES string of the molecule is CC1=CSC(Cl)(NC(=S)Nc2cscc2N)C1. The van der Waals surface area contributed by atoms with E-state index < -0.39 is 4.33 Å². The fourth-order valence-electron chi connectivity index (χ4n) is 1.44. The lowest BCUT2D eigenvalue weighted by Gasteiger charge is -2.24. The Bertz CT molecular complexity index is 471.